The second-order valence-electron chi connectivity index (χ2n) is 5.19. The molecule has 0 aromatic carbocycles. The average Bonchev–Trinajstić information content (AvgIpc) is 2.27. The minimum absolute atomic E-state index is 0.626. The summed E-state index contributed by atoms with van der Waals surface area (Å²) >= 11 is 0. The van der Waals surface area contributed by atoms with E-state index in [0.29, 0.717) is 5.92 Å². The summed E-state index contributed by atoms with van der Waals surface area (Å²) in [7, 11) is 0. The van der Waals surface area contributed by atoms with Gasteiger partial charge in [-0.05, 0) is 58.8 Å². The molecule has 0 atom stereocenters. The Balaban J connectivity index is 2.27. The fourth-order valence-corrected chi connectivity index (χ4v) is 1.98. The van der Waals surface area contributed by atoms with Crippen molar-refractivity contribution in [2.45, 2.75) is 39.2 Å². The Hall–Kier alpha value is -0.610. The molecule has 0 radical (unpaired) electrons. The summed E-state index contributed by atoms with van der Waals surface area (Å²) in [6.07, 6.45) is 2.35. The Kier molecular flexibility index (Phi) is 4.74. The molecule has 4 nitrogen and oxygen atoms in total. The highest BCUT2D eigenvalue weighted by Gasteiger charge is 2.28. The van der Waals surface area contributed by atoms with Crippen LogP contribution in [0.5, 0.6) is 0 Å². The van der Waals surface area contributed by atoms with Gasteiger partial charge in [-0.1, -0.05) is 6.92 Å². The van der Waals surface area contributed by atoms with Crippen molar-refractivity contribution in [3.63, 3.8) is 0 Å². The number of piperidine rings is 1. The molecule has 1 heterocycles. The second kappa shape index (κ2) is 5.64. The molecule has 0 aromatic rings. The van der Waals surface area contributed by atoms with Crippen LogP contribution in [0.2, 0.25) is 0 Å². The van der Waals surface area contributed by atoms with Crippen LogP contribution in [0.25, 0.3) is 0 Å². The van der Waals surface area contributed by atoms with Crippen LogP contribution >= 0.6 is 0 Å². The minimum Gasteiger partial charge on any atom is -0.480 e. The van der Waals surface area contributed by atoms with Crippen LogP contribution in [0.1, 0.15) is 33.6 Å². The Morgan fingerprint density at radius 1 is 1.44 bits per heavy atom. The molecule has 16 heavy (non-hydrogen) atoms. The topological polar surface area (TPSA) is 52.6 Å². The van der Waals surface area contributed by atoms with Gasteiger partial charge < -0.3 is 15.3 Å². The fourth-order valence-electron chi connectivity index (χ4n) is 1.98. The van der Waals surface area contributed by atoms with E-state index in [1.165, 1.54) is 12.8 Å². The Bertz CT molecular complexity index is 233. The van der Waals surface area contributed by atoms with Crippen LogP contribution in [0.4, 0.5) is 0 Å². The van der Waals surface area contributed by atoms with Gasteiger partial charge in [0.1, 0.15) is 5.54 Å². The largest absolute Gasteiger partial charge is 0.480 e. The molecule has 2 N–H and O–H groups in total. The molecule has 1 fully saturated rings. The van der Waals surface area contributed by atoms with Crippen LogP contribution in [0, 0.1) is 5.92 Å². The predicted octanol–water partition coefficient (Wildman–Crippen LogP) is 1.17. The van der Waals surface area contributed by atoms with E-state index in [9.17, 15) is 4.79 Å². The first-order valence-electron chi connectivity index (χ1n) is 6.16. The van der Waals surface area contributed by atoms with Crippen LogP contribution < -0.4 is 5.32 Å². The first-order valence-corrected chi connectivity index (χ1v) is 6.16. The van der Waals surface area contributed by atoms with E-state index < -0.39 is 11.5 Å². The van der Waals surface area contributed by atoms with Crippen LogP contribution in [-0.4, -0.2) is 47.7 Å². The molecule has 0 amide bonds. The Labute approximate surface area is 98.0 Å². The Morgan fingerprint density at radius 3 is 2.44 bits per heavy atom. The van der Waals surface area contributed by atoms with E-state index >= 15 is 0 Å². The van der Waals surface area contributed by atoms with Gasteiger partial charge in [0.15, 0.2) is 0 Å². The summed E-state index contributed by atoms with van der Waals surface area (Å²) in [5.74, 6) is -0.153. The number of rotatable bonds is 5. The molecule has 1 aliphatic heterocycles. The summed E-state index contributed by atoms with van der Waals surface area (Å²) in [5.41, 5.74) is -0.804. The molecule has 94 valence electrons. The van der Waals surface area contributed by atoms with Gasteiger partial charge in [0.05, 0.1) is 0 Å². The first-order chi connectivity index (χ1) is 7.45. The van der Waals surface area contributed by atoms with Crippen molar-refractivity contribution >= 4 is 5.97 Å². The number of carboxylic acids is 1. The summed E-state index contributed by atoms with van der Waals surface area (Å²) in [4.78, 5) is 13.4. The average molecular weight is 228 g/mol. The van der Waals surface area contributed by atoms with Gasteiger partial charge in [0.2, 0.25) is 0 Å². The normalized spacial score (nSPS) is 19.9. The van der Waals surface area contributed by atoms with E-state index in [2.05, 4.69) is 17.1 Å². The monoisotopic (exact) mass is 228 g/mol. The number of nitrogens with one attached hydrogen (secondary N) is 1. The smallest absolute Gasteiger partial charge is 0.323 e. The van der Waals surface area contributed by atoms with Crippen molar-refractivity contribution in [3.05, 3.63) is 0 Å². The molecule has 0 spiro atoms. The fraction of sp³-hybridized carbons (Fsp3) is 0.917. The van der Waals surface area contributed by atoms with Crippen molar-refractivity contribution in [3.8, 4) is 0 Å². The van der Waals surface area contributed by atoms with Gasteiger partial charge in [-0.15, -0.1) is 0 Å². The highest BCUT2D eigenvalue weighted by Crippen LogP contribution is 2.17. The highest BCUT2D eigenvalue weighted by atomic mass is 16.4. The number of aliphatic carboxylic acids is 1. The quantitative estimate of drug-likeness (QED) is 0.741. The number of carboxylic acid groups (broad SMARTS) is 1. The molecule has 1 saturated heterocycles. The van der Waals surface area contributed by atoms with Crippen LogP contribution in [0.3, 0.4) is 0 Å². The molecule has 4 heteroatoms. The van der Waals surface area contributed by atoms with Crippen molar-refractivity contribution < 1.29 is 9.90 Å². The third-order valence-corrected chi connectivity index (χ3v) is 3.52. The zero-order chi connectivity index (χ0) is 12.2. The van der Waals surface area contributed by atoms with Gasteiger partial charge in [0.25, 0.3) is 0 Å². The maximum absolute atomic E-state index is 10.9. The van der Waals surface area contributed by atoms with E-state index in [-0.39, 0.29) is 0 Å². The maximum Gasteiger partial charge on any atom is 0.323 e. The summed E-state index contributed by atoms with van der Waals surface area (Å²) < 4.78 is 0. The molecule has 0 bridgehead atoms. The van der Waals surface area contributed by atoms with E-state index in [0.717, 1.165) is 26.2 Å². The van der Waals surface area contributed by atoms with Crippen molar-refractivity contribution in [1.29, 1.82) is 0 Å². The van der Waals surface area contributed by atoms with Crippen molar-refractivity contribution in [1.82, 2.24) is 10.2 Å². The number of nitrogens with zero attached hydrogens (tertiary/aromatic N) is 1. The van der Waals surface area contributed by atoms with Gasteiger partial charge in [-0.25, -0.2) is 0 Å². The number of hydrogen-bond donors (Lipinski definition) is 2. The summed E-state index contributed by atoms with van der Waals surface area (Å²) in [6, 6.07) is 0. The lowest BCUT2D eigenvalue weighted by Gasteiger charge is -2.32. The summed E-state index contributed by atoms with van der Waals surface area (Å²) in [5, 5.41) is 12.1. The zero-order valence-corrected chi connectivity index (χ0v) is 10.6. The van der Waals surface area contributed by atoms with E-state index in [1.807, 2.05) is 0 Å². The molecule has 0 aromatic heterocycles. The molecular formula is C12H24N2O2. The molecular weight excluding hydrogens is 204 g/mol. The highest BCUT2D eigenvalue weighted by molar-refractivity contribution is 5.77. The second-order valence-corrected chi connectivity index (χ2v) is 5.19. The van der Waals surface area contributed by atoms with Gasteiger partial charge >= 0.3 is 5.97 Å². The van der Waals surface area contributed by atoms with E-state index in [4.69, 9.17) is 5.11 Å². The summed E-state index contributed by atoms with van der Waals surface area (Å²) in [6.45, 7) is 9.86. The third-order valence-electron chi connectivity index (χ3n) is 3.52. The minimum atomic E-state index is -0.804. The van der Waals surface area contributed by atoms with Crippen LogP contribution in [0.15, 0.2) is 0 Å². The number of hydrogen-bond acceptors (Lipinski definition) is 3. The van der Waals surface area contributed by atoms with Crippen molar-refractivity contribution in [2.24, 2.45) is 5.92 Å². The van der Waals surface area contributed by atoms with Crippen molar-refractivity contribution in [2.75, 3.05) is 26.2 Å². The molecule has 0 unspecified atom stereocenters. The number of carbonyl (C=O) groups is 1. The molecule has 1 aliphatic rings. The lowest BCUT2D eigenvalue weighted by molar-refractivity contribution is -0.143. The van der Waals surface area contributed by atoms with Gasteiger partial charge in [-0.3, -0.25) is 4.79 Å². The lowest BCUT2D eigenvalue weighted by atomic mass is 9.95. The van der Waals surface area contributed by atoms with Gasteiger partial charge in [-0.2, -0.15) is 0 Å². The molecule has 1 rings (SSSR count). The SMILES string of the molecule is CCN1CCC(CNC(C)(C)C(=O)O)CC1. The Morgan fingerprint density at radius 2 is 2.00 bits per heavy atom. The molecule has 0 aliphatic carbocycles. The van der Waals surface area contributed by atoms with E-state index in [1.54, 1.807) is 13.8 Å². The number of likely N-dealkylation sites (tertiary alicyclic amines) is 1. The predicted molar refractivity (Wildman–Crippen MR) is 64.6 cm³/mol. The lowest BCUT2D eigenvalue weighted by Crippen LogP contribution is -2.49. The van der Waals surface area contributed by atoms with Gasteiger partial charge in [0, 0.05) is 0 Å². The first kappa shape index (κ1) is 13.5. The standard InChI is InChI=1S/C12H24N2O2/c1-4-14-7-5-10(6-8-14)9-13-12(2,3)11(15)16/h10,13H,4-9H2,1-3H3,(H,15,16). The van der Waals surface area contributed by atoms with Crippen LogP contribution in [-0.2, 0) is 4.79 Å². The maximum atomic E-state index is 10.9. The third kappa shape index (κ3) is 3.76. The zero-order valence-electron chi connectivity index (χ0n) is 10.6. The molecule has 0 saturated carbocycles.